The van der Waals surface area contributed by atoms with Gasteiger partial charge in [0.1, 0.15) is 0 Å². The summed E-state index contributed by atoms with van der Waals surface area (Å²) in [7, 11) is 1.89. The third-order valence-corrected chi connectivity index (χ3v) is 8.36. The predicted octanol–water partition coefficient (Wildman–Crippen LogP) is 7.90. The molecule has 3 nitrogen and oxygen atoms in total. The number of rotatable bonds is 5. The number of nitrogens with one attached hydrogen (secondary N) is 1. The van der Waals surface area contributed by atoms with Crippen LogP contribution in [0.5, 0.6) is 0 Å². The van der Waals surface area contributed by atoms with Crippen LogP contribution in [0, 0.1) is 5.92 Å². The van der Waals surface area contributed by atoms with Gasteiger partial charge in [-0.25, -0.2) is 0 Å². The van der Waals surface area contributed by atoms with Gasteiger partial charge in [0.15, 0.2) is 0 Å². The molecule has 4 aromatic rings. The summed E-state index contributed by atoms with van der Waals surface area (Å²) in [4.78, 5) is 15.9. The van der Waals surface area contributed by atoms with Crippen LogP contribution in [0.25, 0.3) is 21.9 Å². The van der Waals surface area contributed by atoms with Crippen LogP contribution in [0.4, 0.5) is 13.2 Å². The maximum Gasteiger partial charge on any atom is 0.416 e. The van der Waals surface area contributed by atoms with E-state index >= 15 is 0 Å². The van der Waals surface area contributed by atoms with Gasteiger partial charge in [-0.3, -0.25) is 4.79 Å². The number of fused-ring (bicyclic) bond motifs is 1. The Morgan fingerprint density at radius 1 is 0.846 bits per heavy atom. The fourth-order valence-electron chi connectivity index (χ4n) is 5.90. The fraction of sp³-hybridized carbons (Fsp3) is 0.303. The third-order valence-electron chi connectivity index (χ3n) is 8.36. The first-order chi connectivity index (χ1) is 18.7. The minimum absolute atomic E-state index is 0.0892. The number of carbonyl (C=O) groups excluding carboxylic acids is 1. The molecule has 2 unspecified atom stereocenters. The smallest absolute Gasteiger partial charge is 0.332 e. The van der Waals surface area contributed by atoms with Crippen LogP contribution in [0.15, 0.2) is 91.0 Å². The number of carbonyl (C=O) groups is 1. The lowest BCUT2D eigenvalue weighted by atomic mass is 9.74. The second-order valence-corrected chi connectivity index (χ2v) is 10.6. The van der Waals surface area contributed by atoms with Gasteiger partial charge in [-0.1, -0.05) is 73.2 Å². The fourth-order valence-corrected chi connectivity index (χ4v) is 5.90. The summed E-state index contributed by atoms with van der Waals surface area (Å²) in [5.41, 5.74) is 1.85. The first kappa shape index (κ1) is 26.9. The maximum absolute atomic E-state index is 14.0. The maximum atomic E-state index is 14.0. The highest BCUT2D eigenvalue weighted by Crippen LogP contribution is 2.42. The molecule has 0 radical (unpaired) electrons. The van der Waals surface area contributed by atoms with Crippen molar-refractivity contribution in [3.05, 3.63) is 108 Å². The van der Waals surface area contributed by atoms with Gasteiger partial charge in [0.05, 0.1) is 11.1 Å². The van der Waals surface area contributed by atoms with Gasteiger partial charge in [0.2, 0.25) is 0 Å². The molecular weight excluding hydrogens is 497 g/mol. The summed E-state index contributed by atoms with van der Waals surface area (Å²) in [5.74, 6) is 0.125. The number of benzene rings is 4. The molecule has 2 atom stereocenters. The number of hydrogen-bond acceptors (Lipinski definition) is 2. The van der Waals surface area contributed by atoms with Crippen molar-refractivity contribution in [3.63, 3.8) is 0 Å². The molecule has 1 saturated heterocycles. The molecule has 39 heavy (non-hydrogen) atoms. The SMILES string of the molecule is CN(C(=O)c1ccc(-c2ccc(C(F)(F)F)cc2)cc1)C(C)(c1cccc2ccccc12)C1CCCCNC1. The van der Waals surface area contributed by atoms with Gasteiger partial charge >= 0.3 is 6.18 Å². The average Bonchev–Trinajstić information content (AvgIpc) is 3.26. The second kappa shape index (κ2) is 10.9. The van der Waals surface area contributed by atoms with Gasteiger partial charge in [0, 0.05) is 19.2 Å². The van der Waals surface area contributed by atoms with Gasteiger partial charge in [-0.2, -0.15) is 13.2 Å². The summed E-state index contributed by atoms with van der Waals surface area (Å²) in [6.07, 6.45) is -1.15. The highest BCUT2D eigenvalue weighted by molar-refractivity contribution is 5.96. The average molecular weight is 531 g/mol. The molecule has 0 bridgehead atoms. The summed E-state index contributed by atoms with van der Waals surface area (Å²) in [6.45, 7) is 3.98. The number of amides is 1. The largest absolute Gasteiger partial charge is 0.416 e. The van der Waals surface area contributed by atoms with E-state index in [4.69, 9.17) is 0 Å². The highest BCUT2D eigenvalue weighted by Gasteiger charge is 2.43. The van der Waals surface area contributed by atoms with Crippen molar-refractivity contribution in [2.45, 2.75) is 37.9 Å². The number of hydrogen-bond donors (Lipinski definition) is 1. The third kappa shape index (κ3) is 5.30. The van der Waals surface area contributed by atoms with Crippen molar-refractivity contribution < 1.29 is 18.0 Å². The molecule has 1 heterocycles. The molecule has 1 aliphatic rings. The van der Waals surface area contributed by atoms with Crippen LogP contribution in [0.2, 0.25) is 0 Å². The van der Waals surface area contributed by atoms with Crippen LogP contribution >= 0.6 is 0 Å². The molecular formula is C33H33F3N2O. The molecule has 202 valence electrons. The van der Waals surface area contributed by atoms with E-state index in [0.717, 1.165) is 66.4 Å². The standard InChI is InChI=1S/C33H33F3N2O/c1-32(28-10-5-6-21-37-22-28,30-12-7-9-25-8-3-4-11-29(25)30)38(2)31(39)26-15-13-23(14-16-26)24-17-19-27(20-18-24)33(34,35)36/h3-4,7-9,11-20,28,37H,5-6,10,21-22H2,1-2H3. The molecule has 4 aromatic carbocycles. The van der Waals surface area contributed by atoms with E-state index in [1.54, 1.807) is 24.3 Å². The quantitative estimate of drug-likeness (QED) is 0.284. The van der Waals surface area contributed by atoms with Gasteiger partial charge in [0.25, 0.3) is 5.91 Å². The molecule has 1 fully saturated rings. The molecule has 0 spiro atoms. The Balaban J connectivity index is 1.49. The Morgan fingerprint density at radius 2 is 1.49 bits per heavy atom. The highest BCUT2D eigenvalue weighted by atomic mass is 19.4. The predicted molar refractivity (Wildman–Crippen MR) is 150 cm³/mol. The summed E-state index contributed by atoms with van der Waals surface area (Å²) in [5, 5.41) is 5.87. The van der Waals surface area contributed by atoms with Crippen molar-refractivity contribution in [3.8, 4) is 11.1 Å². The van der Waals surface area contributed by atoms with E-state index in [1.807, 2.05) is 24.1 Å². The first-order valence-corrected chi connectivity index (χ1v) is 13.4. The van der Waals surface area contributed by atoms with Crippen LogP contribution in [-0.2, 0) is 11.7 Å². The normalized spacial score (nSPS) is 17.8. The van der Waals surface area contributed by atoms with E-state index in [9.17, 15) is 18.0 Å². The molecule has 6 heteroatoms. The lowest BCUT2D eigenvalue weighted by Crippen LogP contribution is -2.52. The monoisotopic (exact) mass is 530 g/mol. The number of halogens is 3. The molecule has 1 N–H and O–H groups in total. The van der Waals surface area contributed by atoms with Crippen molar-refractivity contribution in [1.29, 1.82) is 0 Å². The zero-order valence-electron chi connectivity index (χ0n) is 22.3. The summed E-state index contributed by atoms with van der Waals surface area (Å²) < 4.78 is 38.9. The topological polar surface area (TPSA) is 32.3 Å². The Labute approximate surface area is 227 Å². The summed E-state index contributed by atoms with van der Waals surface area (Å²) >= 11 is 0. The molecule has 1 amide bonds. The van der Waals surface area contributed by atoms with Crippen LogP contribution in [0.3, 0.4) is 0 Å². The van der Waals surface area contributed by atoms with E-state index in [-0.39, 0.29) is 11.8 Å². The van der Waals surface area contributed by atoms with Gasteiger partial charge in [-0.05, 0) is 84.0 Å². The Morgan fingerprint density at radius 3 is 2.18 bits per heavy atom. The minimum Gasteiger partial charge on any atom is -0.332 e. The Bertz CT molecular complexity index is 1430. The van der Waals surface area contributed by atoms with E-state index in [0.29, 0.717) is 11.1 Å². The van der Waals surface area contributed by atoms with E-state index in [1.165, 1.54) is 12.1 Å². The van der Waals surface area contributed by atoms with E-state index < -0.39 is 17.3 Å². The van der Waals surface area contributed by atoms with Gasteiger partial charge < -0.3 is 10.2 Å². The Hall–Kier alpha value is -3.64. The lowest BCUT2D eigenvalue weighted by molar-refractivity contribution is -0.137. The molecule has 1 aliphatic heterocycles. The second-order valence-electron chi connectivity index (χ2n) is 10.6. The van der Waals surface area contributed by atoms with Crippen molar-refractivity contribution in [2.24, 2.45) is 5.92 Å². The molecule has 0 saturated carbocycles. The summed E-state index contributed by atoms with van der Waals surface area (Å²) in [6, 6.07) is 26.8. The van der Waals surface area contributed by atoms with E-state index in [2.05, 4.69) is 42.6 Å². The van der Waals surface area contributed by atoms with Crippen LogP contribution < -0.4 is 5.32 Å². The van der Waals surface area contributed by atoms with Crippen LogP contribution in [0.1, 0.15) is 47.7 Å². The van der Waals surface area contributed by atoms with Crippen LogP contribution in [-0.4, -0.2) is 30.9 Å². The zero-order chi connectivity index (χ0) is 27.6. The molecule has 0 aromatic heterocycles. The lowest BCUT2D eigenvalue weighted by Gasteiger charge is -2.46. The minimum atomic E-state index is -4.37. The van der Waals surface area contributed by atoms with Gasteiger partial charge in [-0.15, -0.1) is 0 Å². The molecule has 5 rings (SSSR count). The Kier molecular flexibility index (Phi) is 7.50. The first-order valence-electron chi connectivity index (χ1n) is 13.4. The molecule has 0 aliphatic carbocycles. The van der Waals surface area contributed by atoms with Crippen molar-refractivity contribution >= 4 is 16.7 Å². The number of nitrogens with zero attached hydrogens (tertiary/aromatic N) is 1. The van der Waals surface area contributed by atoms with Crippen molar-refractivity contribution in [2.75, 3.05) is 20.1 Å². The van der Waals surface area contributed by atoms with Crippen molar-refractivity contribution in [1.82, 2.24) is 10.2 Å². The number of alkyl halides is 3. The zero-order valence-corrected chi connectivity index (χ0v) is 22.3.